The van der Waals surface area contributed by atoms with Gasteiger partial charge in [0.15, 0.2) is 0 Å². The number of carbonyl (C=O) groups excluding carboxylic acids is 1. The molecule has 0 saturated carbocycles. The lowest BCUT2D eigenvalue weighted by Crippen LogP contribution is -2.53. The molecular weight excluding hydrogens is 256 g/mol. The topological polar surface area (TPSA) is 63.6 Å². The number of esters is 1. The lowest BCUT2D eigenvalue weighted by atomic mass is 9.58. The van der Waals surface area contributed by atoms with Crippen molar-refractivity contribution in [2.24, 2.45) is 29.1 Å². The van der Waals surface area contributed by atoms with E-state index in [1.54, 1.807) is 13.8 Å². The molecule has 0 aromatic rings. The van der Waals surface area contributed by atoms with E-state index in [4.69, 9.17) is 4.74 Å². The van der Waals surface area contributed by atoms with E-state index < -0.39 is 23.3 Å². The third kappa shape index (κ3) is 3.53. The van der Waals surface area contributed by atoms with Crippen molar-refractivity contribution in [2.75, 3.05) is 0 Å². The highest BCUT2D eigenvalue weighted by atomic mass is 16.5. The van der Waals surface area contributed by atoms with Crippen molar-refractivity contribution in [3.8, 4) is 0 Å². The van der Waals surface area contributed by atoms with Crippen molar-refractivity contribution in [1.82, 2.24) is 0 Å². The molecule has 0 fully saturated rings. The number of aliphatic carboxylic acids is 1. The Morgan fingerprint density at radius 2 is 1.30 bits per heavy atom. The minimum absolute atomic E-state index is 0.114. The van der Waals surface area contributed by atoms with Crippen LogP contribution in [0.25, 0.3) is 0 Å². The predicted octanol–water partition coefficient (Wildman–Crippen LogP) is 3.59. The summed E-state index contributed by atoms with van der Waals surface area (Å²) in [6.07, 6.45) is -0.249. The summed E-state index contributed by atoms with van der Waals surface area (Å²) in [5.41, 5.74) is -1.01. The lowest BCUT2D eigenvalue weighted by Gasteiger charge is -2.45. The summed E-state index contributed by atoms with van der Waals surface area (Å²) >= 11 is 0. The molecule has 0 heterocycles. The van der Waals surface area contributed by atoms with Crippen LogP contribution in [-0.4, -0.2) is 23.1 Å². The average molecular weight is 286 g/mol. The van der Waals surface area contributed by atoms with Crippen molar-refractivity contribution in [3.05, 3.63) is 0 Å². The molecule has 0 saturated heterocycles. The molecule has 4 heteroatoms. The smallest absolute Gasteiger partial charge is 0.313 e. The summed E-state index contributed by atoms with van der Waals surface area (Å²) in [6.45, 7) is 14.9. The van der Waals surface area contributed by atoms with Gasteiger partial charge in [-0.05, 0) is 31.6 Å². The monoisotopic (exact) mass is 286 g/mol. The highest BCUT2D eigenvalue weighted by molar-refractivity contribution is 5.85. The first kappa shape index (κ1) is 18.9. The van der Waals surface area contributed by atoms with E-state index >= 15 is 0 Å². The molecule has 1 atom stereocenters. The van der Waals surface area contributed by atoms with Crippen LogP contribution >= 0.6 is 0 Å². The van der Waals surface area contributed by atoms with Crippen molar-refractivity contribution in [2.45, 2.75) is 61.5 Å². The van der Waals surface area contributed by atoms with Crippen molar-refractivity contribution in [3.63, 3.8) is 0 Å². The maximum Gasteiger partial charge on any atom is 0.313 e. The minimum Gasteiger partial charge on any atom is -0.481 e. The molecule has 0 amide bonds. The number of hydrogen-bond donors (Lipinski definition) is 1. The van der Waals surface area contributed by atoms with Crippen LogP contribution in [0.4, 0.5) is 0 Å². The average Bonchev–Trinajstić information content (AvgIpc) is 2.21. The predicted molar refractivity (Wildman–Crippen MR) is 79.3 cm³/mol. The summed E-state index contributed by atoms with van der Waals surface area (Å²) in [7, 11) is 0. The lowest BCUT2D eigenvalue weighted by molar-refractivity contribution is -0.182. The largest absolute Gasteiger partial charge is 0.481 e. The normalized spacial score (nSPS) is 14.2. The van der Waals surface area contributed by atoms with E-state index in [0.29, 0.717) is 0 Å². The highest BCUT2D eigenvalue weighted by Crippen LogP contribution is 2.47. The summed E-state index contributed by atoms with van der Waals surface area (Å²) in [4.78, 5) is 24.5. The quantitative estimate of drug-likeness (QED) is 0.726. The van der Waals surface area contributed by atoms with Gasteiger partial charge in [-0.3, -0.25) is 9.59 Å². The van der Waals surface area contributed by atoms with Crippen molar-refractivity contribution < 1.29 is 19.4 Å². The first-order valence-corrected chi connectivity index (χ1v) is 7.43. The number of carboxylic acid groups (broad SMARTS) is 1. The maximum absolute atomic E-state index is 12.7. The maximum atomic E-state index is 12.7. The molecule has 0 aliphatic heterocycles. The summed E-state index contributed by atoms with van der Waals surface area (Å²) in [5.74, 6) is -2.44. The van der Waals surface area contributed by atoms with Gasteiger partial charge in [-0.1, -0.05) is 41.5 Å². The zero-order valence-corrected chi connectivity index (χ0v) is 14.1. The van der Waals surface area contributed by atoms with Gasteiger partial charge in [-0.15, -0.1) is 0 Å². The third-order valence-electron chi connectivity index (χ3n) is 4.05. The fraction of sp³-hybridized carbons (Fsp3) is 0.875. The van der Waals surface area contributed by atoms with E-state index in [-0.39, 0.29) is 23.9 Å². The van der Waals surface area contributed by atoms with Gasteiger partial charge in [0.1, 0.15) is 0 Å². The molecule has 0 aliphatic rings. The third-order valence-corrected chi connectivity index (χ3v) is 4.05. The molecule has 0 spiro atoms. The first-order valence-electron chi connectivity index (χ1n) is 7.43. The summed E-state index contributed by atoms with van der Waals surface area (Å²) in [6, 6.07) is 0. The van der Waals surface area contributed by atoms with Crippen LogP contribution < -0.4 is 0 Å². The number of carboxylic acids is 1. The second-order valence-corrected chi connectivity index (χ2v) is 6.76. The molecule has 4 nitrogen and oxygen atoms in total. The number of rotatable bonds is 7. The molecule has 0 rings (SSSR count). The summed E-state index contributed by atoms with van der Waals surface area (Å²) in [5, 5.41) is 9.65. The Morgan fingerprint density at radius 3 is 1.50 bits per heavy atom. The second kappa shape index (κ2) is 7.09. The molecule has 20 heavy (non-hydrogen) atoms. The second-order valence-electron chi connectivity index (χ2n) is 6.76. The van der Waals surface area contributed by atoms with Gasteiger partial charge in [0.25, 0.3) is 0 Å². The van der Waals surface area contributed by atoms with Crippen LogP contribution in [-0.2, 0) is 14.3 Å². The molecule has 0 aromatic heterocycles. The van der Waals surface area contributed by atoms with Gasteiger partial charge >= 0.3 is 11.9 Å². The molecule has 1 unspecified atom stereocenters. The zero-order chi connectivity index (χ0) is 16.2. The standard InChI is InChI=1S/C16H30O4/c1-9(2)13(14(17)18)16(10(3)4,11(5)6)15(19)20-12(7)8/h9-13H,1-8H3,(H,17,18). The van der Waals surface area contributed by atoms with Crippen molar-refractivity contribution >= 4 is 11.9 Å². The Bertz CT molecular complexity index is 334. The Balaban J connectivity index is 6.01. The van der Waals surface area contributed by atoms with Crippen LogP contribution in [0.15, 0.2) is 0 Å². The Labute approximate surface area is 122 Å². The molecular formula is C16H30O4. The van der Waals surface area contributed by atoms with Gasteiger partial charge in [0, 0.05) is 0 Å². The van der Waals surface area contributed by atoms with E-state index in [2.05, 4.69) is 0 Å². The Kier molecular flexibility index (Phi) is 6.72. The van der Waals surface area contributed by atoms with E-state index in [1.165, 1.54) is 0 Å². The molecule has 0 aromatic carbocycles. The molecule has 1 N–H and O–H groups in total. The van der Waals surface area contributed by atoms with E-state index in [9.17, 15) is 14.7 Å². The Morgan fingerprint density at radius 1 is 0.900 bits per heavy atom. The molecule has 0 bridgehead atoms. The van der Waals surface area contributed by atoms with Crippen LogP contribution in [0, 0.1) is 29.1 Å². The highest BCUT2D eigenvalue weighted by Gasteiger charge is 2.56. The fourth-order valence-corrected chi connectivity index (χ4v) is 3.34. The van der Waals surface area contributed by atoms with Crippen LogP contribution in [0.1, 0.15) is 55.4 Å². The van der Waals surface area contributed by atoms with Gasteiger partial charge in [0.05, 0.1) is 17.4 Å². The first-order chi connectivity index (χ1) is 8.99. The summed E-state index contributed by atoms with van der Waals surface area (Å²) < 4.78 is 5.42. The van der Waals surface area contributed by atoms with Gasteiger partial charge in [-0.25, -0.2) is 0 Å². The minimum atomic E-state index is -1.01. The molecule has 118 valence electrons. The fourth-order valence-electron chi connectivity index (χ4n) is 3.34. The molecule has 0 aliphatic carbocycles. The van der Waals surface area contributed by atoms with E-state index in [0.717, 1.165) is 0 Å². The number of ether oxygens (including phenoxy) is 1. The van der Waals surface area contributed by atoms with E-state index in [1.807, 2.05) is 41.5 Å². The van der Waals surface area contributed by atoms with Crippen LogP contribution in [0.3, 0.4) is 0 Å². The van der Waals surface area contributed by atoms with Crippen LogP contribution in [0.5, 0.6) is 0 Å². The SMILES string of the molecule is CC(C)OC(=O)C(C(C)C)(C(C)C)C(C(=O)O)C(C)C. The zero-order valence-electron chi connectivity index (χ0n) is 14.1. The van der Waals surface area contributed by atoms with Gasteiger partial charge in [0.2, 0.25) is 0 Å². The Hall–Kier alpha value is -1.06. The number of hydrogen-bond acceptors (Lipinski definition) is 3. The molecule has 0 radical (unpaired) electrons. The van der Waals surface area contributed by atoms with Gasteiger partial charge in [-0.2, -0.15) is 0 Å². The van der Waals surface area contributed by atoms with Crippen LogP contribution in [0.2, 0.25) is 0 Å². The van der Waals surface area contributed by atoms with Gasteiger partial charge < -0.3 is 9.84 Å². The number of carbonyl (C=O) groups is 2. The van der Waals surface area contributed by atoms with Crippen molar-refractivity contribution in [1.29, 1.82) is 0 Å².